The van der Waals surface area contributed by atoms with E-state index in [4.69, 9.17) is 0 Å². The van der Waals surface area contributed by atoms with E-state index in [9.17, 15) is 4.79 Å². The molecule has 17 heavy (non-hydrogen) atoms. The number of rotatable bonds is 2. The second-order valence-electron chi connectivity index (χ2n) is 5.38. The van der Waals surface area contributed by atoms with Crippen molar-refractivity contribution in [3.63, 3.8) is 0 Å². The summed E-state index contributed by atoms with van der Waals surface area (Å²) in [6.07, 6.45) is 4.74. The molecule has 1 aromatic carbocycles. The molecule has 2 nitrogen and oxygen atoms in total. The minimum absolute atomic E-state index is 0.223. The highest BCUT2D eigenvalue weighted by molar-refractivity contribution is 5.98. The average Bonchev–Trinajstić information content (AvgIpc) is 2.62. The molecular weight excluding hydrogens is 210 g/mol. The van der Waals surface area contributed by atoms with Crippen LogP contribution in [0.5, 0.6) is 0 Å². The van der Waals surface area contributed by atoms with Crippen LogP contribution in [0.2, 0.25) is 0 Å². The Kier molecular flexibility index (Phi) is 2.75. The molecule has 0 aliphatic carbocycles. The van der Waals surface area contributed by atoms with Gasteiger partial charge in [0.1, 0.15) is 0 Å². The average molecular weight is 229 g/mol. The van der Waals surface area contributed by atoms with Crippen molar-refractivity contribution in [3.8, 4) is 0 Å². The van der Waals surface area contributed by atoms with Crippen molar-refractivity contribution < 1.29 is 4.79 Å². The first-order valence-corrected chi connectivity index (χ1v) is 6.58. The Morgan fingerprint density at radius 2 is 1.82 bits per heavy atom. The number of carbonyl (C=O) groups excluding carboxylic acids is 1. The van der Waals surface area contributed by atoms with E-state index in [2.05, 4.69) is 11.9 Å². The largest absolute Gasteiger partial charge is 0.300 e. The number of piperidine rings is 1. The highest BCUT2D eigenvalue weighted by Gasteiger charge is 2.42. The highest BCUT2D eigenvalue weighted by atomic mass is 16.1. The molecule has 0 spiro atoms. The molecule has 2 aliphatic rings. The van der Waals surface area contributed by atoms with Crippen molar-refractivity contribution in [3.05, 3.63) is 35.9 Å². The summed E-state index contributed by atoms with van der Waals surface area (Å²) in [5.41, 5.74) is 0.885. The van der Waals surface area contributed by atoms with Crippen LogP contribution in [-0.2, 0) is 0 Å². The molecule has 1 aromatic rings. The van der Waals surface area contributed by atoms with Gasteiger partial charge >= 0.3 is 0 Å². The second kappa shape index (κ2) is 4.26. The SMILES string of the molecule is CN1[C@H]2CCC(C(=O)c3ccccc3)[C@@H]1CC2. The number of fused-ring (bicyclic) bond motifs is 2. The molecule has 2 saturated heterocycles. The Morgan fingerprint density at radius 3 is 2.59 bits per heavy atom. The van der Waals surface area contributed by atoms with E-state index in [1.54, 1.807) is 0 Å². The number of hydrogen-bond acceptors (Lipinski definition) is 2. The normalized spacial score (nSPS) is 32.6. The van der Waals surface area contributed by atoms with Crippen molar-refractivity contribution in [2.24, 2.45) is 5.92 Å². The van der Waals surface area contributed by atoms with Crippen LogP contribution < -0.4 is 0 Å². The van der Waals surface area contributed by atoms with Crippen molar-refractivity contribution in [2.75, 3.05) is 7.05 Å². The Bertz CT molecular complexity index is 414. The fourth-order valence-corrected chi connectivity index (χ4v) is 3.56. The van der Waals surface area contributed by atoms with Crippen LogP contribution in [0.4, 0.5) is 0 Å². The smallest absolute Gasteiger partial charge is 0.167 e. The van der Waals surface area contributed by atoms with E-state index in [0.717, 1.165) is 18.0 Å². The predicted molar refractivity (Wildman–Crippen MR) is 68.1 cm³/mol. The van der Waals surface area contributed by atoms with Crippen LogP contribution in [0, 0.1) is 5.92 Å². The first-order chi connectivity index (χ1) is 8.27. The Morgan fingerprint density at radius 1 is 1.12 bits per heavy atom. The van der Waals surface area contributed by atoms with Gasteiger partial charge in [-0.1, -0.05) is 30.3 Å². The molecule has 1 unspecified atom stereocenters. The van der Waals surface area contributed by atoms with Crippen molar-refractivity contribution in [2.45, 2.75) is 37.8 Å². The van der Waals surface area contributed by atoms with Gasteiger partial charge in [0, 0.05) is 23.6 Å². The van der Waals surface area contributed by atoms with Crippen LogP contribution in [0.25, 0.3) is 0 Å². The van der Waals surface area contributed by atoms with Gasteiger partial charge in [0.05, 0.1) is 0 Å². The molecule has 0 N–H and O–H groups in total. The number of Topliss-reactive ketones (excluding diaryl/α,β-unsaturated/α-hetero) is 1. The summed E-state index contributed by atoms with van der Waals surface area (Å²) in [5.74, 6) is 0.573. The second-order valence-corrected chi connectivity index (χ2v) is 5.38. The van der Waals surface area contributed by atoms with Crippen LogP contribution in [0.15, 0.2) is 30.3 Å². The standard InChI is InChI=1S/C15H19NO/c1-16-12-7-9-13(14(16)10-8-12)15(17)11-5-3-2-4-6-11/h2-6,12-14H,7-10H2,1H3/t12-,13?,14-/m0/s1. The topological polar surface area (TPSA) is 20.3 Å². The van der Waals surface area contributed by atoms with Crippen LogP contribution in [0.1, 0.15) is 36.0 Å². The summed E-state index contributed by atoms with van der Waals surface area (Å²) in [5, 5.41) is 0. The van der Waals surface area contributed by atoms with E-state index in [1.807, 2.05) is 30.3 Å². The van der Waals surface area contributed by atoms with Gasteiger partial charge in [0.25, 0.3) is 0 Å². The number of hydrogen-bond donors (Lipinski definition) is 0. The molecule has 0 aromatic heterocycles. The monoisotopic (exact) mass is 229 g/mol. The molecule has 3 rings (SSSR count). The lowest BCUT2D eigenvalue weighted by Gasteiger charge is -2.36. The van der Waals surface area contributed by atoms with E-state index < -0.39 is 0 Å². The summed E-state index contributed by atoms with van der Waals surface area (Å²) in [7, 11) is 2.19. The molecule has 0 radical (unpaired) electrons. The Balaban J connectivity index is 1.83. The molecule has 0 saturated carbocycles. The van der Waals surface area contributed by atoms with Crippen molar-refractivity contribution in [1.29, 1.82) is 0 Å². The van der Waals surface area contributed by atoms with Gasteiger partial charge in [0.2, 0.25) is 0 Å². The number of ketones is 1. The van der Waals surface area contributed by atoms with E-state index in [1.165, 1.54) is 19.3 Å². The highest BCUT2D eigenvalue weighted by Crippen LogP contribution is 2.39. The minimum Gasteiger partial charge on any atom is -0.300 e. The van der Waals surface area contributed by atoms with Gasteiger partial charge < -0.3 is 0 Å². The zero-order valence-corrected chi connectivity index (χ0v) is 10.3. The number of nitrogens with zero attached hydrogens (tertiary/aromatic N) is 1. The Hall–Kier alpha value is -1.15. The first-order valence-electron chi connectivity index (χ1n) is 6.58. The quantitative estimate of drug-likeness (QED) is 0.727. The van der Waals surface area contributed by atoms with Gasteiger partial charge in [-0.25, -0.2) is 0 Å². The van der Waals surface area contributed by atoms with Crippen LogP contribution >= 0.6 is 0 Å². The molecule has 90 valence electrons. The predicted octanol–water partition coefficient (Wildman–Crippen LogP) is 2.74. The van der Waals surface area contributed by atoms with Gasteiger partial charge in [-0.3, -0.25) is 9.69 Å². The molecular formula is C15H19NO. The van der Waals surface area contributed by atoms with E-state index in [-0.39, 0.29) is 5.92 Å². The molecule has 3 atom stereocenters. The van der Waals surface area contributed by atoms with Gasteiger partial charge in [-0.2, -0.15) is 0 Å². The molecule has 2 heteroatoms. The third-order valence-corrected chi connectivity index (χ3v) is 4.57. The van der Waals surface area contributed by atoms with Crippen LogP contribution in [0.3, 0.4) is 0 Å². The van der Waals surface area contributed by atoms with Crippen LogP contribution in [-0.4, -0.2) is 29.8 Å². The van der Waals surface area contributed by atoms with E-state index in [0.29, 0.717) is 11.8 Å². The Labute approximate surface area is 103 Å². The maximum absolute atomic E-state index is 12.5. The third kappa shape index (κ3) is 1.81. The molecule has 2 bridgehead atoms. The molecule has 0 amide bonds. The van der Waals surface area contributed by atoms with Crippen molar-refractivity contribution in [1.82, 2.24) is 4.90 Å². The minimum atomic E-state index is 0.223. The summed E-state index contributed by atoms with van der Waals surface area (Å²) in [6.45, 7) is 0. The zero-order chi connectivity index (χ0) is 11.8. The lowest BCUT2D eigenvalue weighted by Crippen LogP contribution is -2.44. The summed E-state index contributed by atoms with van der Waals surface area (Å²) in [6, 6.07) is 11.0. The summed E-state index contributed by atoms with van der Waals surface area (Å²) < 4.78 is 0. The summed E-state index contributed by atoms with van der Waals surface area (Å²) >= 11 is 0. The number of carbonyl (C=O) groups is 1. The fourth-order valence-electron chi connectivity index (χ4n) is 3.56. The third-order valence-electron chi connectivity index (χ3n) is 4.57. The lowest BCUT2D eigenvalue weighted by molar-refractivity contribution is 0.0712. The maximum atomic E-state index is 12.5. The molecule has 2 aliphatic heterocycles. The maximum Gasteiger partial charge on any atom is 0.167 e. The van der Waals surface area contributed by atoms with Crippen molar-refractivity contribution >= 4 is 5.78 Å². The fraction of sp³-hybridized carbons (Fsp3) is 0.533. The van der Waals surface area contributed by atoms with Gasteiger partial charge in [-0.05, 0) is 32.7 Å². The first kappa shape index (κ1) is 11.0. The summed E-state index contributed by atoms with van der Waals surface area (Å²) in [4.78, 5) is 14.9. The van der Waals surface area contributed by atoms with Gasteiger partial charge in [0.15, 0.2) is 5.78 Å². The zero-order valence-electron chi connectivity index (χ0n) is 10.3. The number of benzene rings is 1. The van der Waals surface area contributed by atoms with Gasteiger partial charge in [-0.15, -0.1) is 0 Å². The van der Waals surface area contributed by atoms with E-state index >= 15 is 0 Å². The molecule has 2 fully saturated rings. The molecule has 2 heterocycles. The lowest BCUT2D eigenvalue weighted by atomic mass is 9.84.